The molecule has 3 rings (SSSR count). The van der Waals surface area contributed by atoms with Crippen LogP contribution in [0.4, 0.5) is 0 Å². The van der Waals surface area contributed by atoms with Crippen molar-refractivity contribution in [2.24, 2.45) is 0 Å². The molecule has 1 saturated carbocycles. The van der Waals surface area contributed by atoms with E-state index in [0.717, 1.165) is 16.9 Å². The van der Waals surface area contributed by atoms with Gasteiger partial charge < -0.3 is 9.30 Å². The van der Waals surface area contributed by atoms with Crippen molar-refractivity contribution < 1.29 is 9.53 Å². The summed E-state index contributed by atoms with van der Waals surface area (Å²) in [6, 6.07) is 7.91. The number of imidazole rings is 1. The molecule has 1 aliphatic carbocycles. The van der Waals surface area contributed by atoms with Crippen LogP contribution < -0.4 is 0 Å². The minimum absolute atomic E-state index is 0.227. The fourth-order valence-corrected chi connectivity index (χ4v) is 2.11. The summed E-state index contributed by atoms with van der Waals surface area (Å²) in [4.78, 5) is 16.1. The Hall–Kier alpha value is -1.84. The quantitative estimate of drug-likeness (QED) is 0.758. The lowest BCUT2D eigenvalue weighted by Crippen LogP contribution is -2.13. The van der Waals surface area contributed by atoms with Crippen LogP contribution in [0.3, 0.4) is 0 Å². The van der Waals surface area contributed by atoms with Gasteiger partial charge in [-0.25, -0.2) is 4.98 Å². The Morgan fingerprint density at radius 2 is 2.24 bits per heavy atom. The molecule has 0 atom stereocenters. The van der Waals surface area contributed by atoms with Gasteiger partial charge in [-0.2, -0.15) is 0 Å². The molecule has 0 aliphatic heterocycles. The lowest BCUT2D eigenvalue weighted by Gasteiger charge is -2.06. The van der Waals surface area contributed by atoms with Crippen molar-refractivity contribution >= 4 is 17.0 Å². The standard InChI is InChI=1S/C13H14N2O2/c1-17-12(16)8-15-11-5-3-2-4-10(11)14-13(15)9-6-7-9/h2-5,9H,6-8H2,1H3. The summed E-state index contributed by atoms with van der Waals surface area (Å²) in [6.07, 6.45) is 2.34. The molecule has 88 valence electrons. The van der Waals surface area contributed by atoms with Crippen LogP contribution in [0.15, 0.2) is 24.3 Å². The number of nitrogens with zero attached hydrogens (tertiary/aromatic N) is 2. The van der Waals surface area contributed by atoms with E-state index < -0.39 is 0 Å². The summed E-state index contributed by atoms with van der Waals surface area (Å²) >= 11 is 0. The van der Waals surface area contributed by atoms with Gasteiger partial charge in [-0.05, 0) is 25.0 Å². The molecular weight excluding hydrogens is 216 g/mol. The van der Waals surface area contributed by atoms with E-state index in [2.05, 4.69) is 4.98 Å². The molecule has 17 heavy (non-hydrogen) atoms. The topological polar surface area (TPSA) is 44.1 Å². The highest BCUT2D eigenvalue weighted by Gasteiger charge is 2.30. The molecule has 0 unspecified atom stereocenters. The lowest BCUT2D eigenvalue weighted by molar-refractivity contribution is -0.141. The minimum Gasteiger partial charge on any atom is -0.468 e. The largest absolute Gasteiger partial charge is 0.468 e. The summed E-state index contributed by atoms with van der Waals surface area (Å²) in [5, 5.41) is 0. The molecule has 1 fully saturated rings. The molecule has 4 nitrogen and oxygen atoms in total. The molecule has 4 heteroatoms. The Labute approximate surface area is 99.2 Å². The highest BCUT2D eigenvalue weighted by atomic mass is 16.5. The summed E-state index contributed by atoms with van der Waals surface area (Å²) in [5.74, 6) is 1.32. The van der Waals surface area contributed by atoms with Gasteiger partial charge in [0.25, 0.3) is 0 Å². The van der Waals surface area contributed by atoms with Gasteiger partial charge in [0.05, 0.1) is 18.1 Å². The molecule has 2 aromatic rings. The highest BCUT2D eigenvalue weighted by Crippen LogP contribution is 2.40. The van der Waals surface area contributed by atoms with Gasteiger partial charge in [-0.1, -0.05) is 12.1 Å². The Morgan fingerprint density at radius 1 is 1.47 bits per heavy atom. The first-order valence-electron chi connectivity index (χ1n) is 5.81. The van der Waals surface area contributed by atoms with Crippen molar-refractivity contribution in [3.63, 3.8) is 0 Å². The number of ether oxygens (including phenoxy) is 1. The molecule has 0 amide bonds. The molecule has 0 N–H and O–H groups in total. The number of carbonyl (C=O) groups excluding carboxylic acids is 1. The third kappa shape index (κ3) is 1.79. The van der Waals surface area contributed by atoms with Crippen molar-refractivity contribution in [3.8, 4) is 0 Å². The van der Waals surface area contributed by atoms with Gasteiger partial charge in [0.15, 0.2) is 0 Å². The predicted molar refractivity (Wildman–Crippen MR) is 63.7 cm³/mol. The van der Waals surface area contributed by atoms with E-state index in [1.165, 1.54) is 20.0 Å². The predicted octanol–water partition coefficient (Wildman–Crippen LogP) is 2.09. The maximum Gasteiger partial charge on any atom is 0.325 e. The summed E-state index contributed by atoms with van der Waals surface area (Å²) < 4.78 is 6.72. The van der Waals surface area contributed by atoms with E-state index in [4.69, 9.17) is 4.74 Å². The molecule has 1 heterocycles. The number of hydrogen-bond donors (Lipinski definition) is 0. The number of fused-ring (bicyclic) bond motifs is 1. The van der Waals surface area contributed by atoms with E-state index in [9.17, 15) is 4.79 Å². The number of carbonyl (C=O) groups is 1. The van der Waals surface area contributed by atoms with Gasteiger partial charge in [0.1, 0.15) is 12.4 Å². The van der Waals surface area contributed by atoms with Crippen molar-refractivity contribution in [3.05, 3.63) is 30.1 Å². The van der Waals surface area contributed by atoms with Crippen LogP contribution in [0, 0.1) is 0 Å². The van der Waals surface area contributed by atoms with Crippen molar-refractivity contribution in [1.82, 2.24) is 9.55 Å². The summed E-state index contributed by atoms with van der Waals surface area (Å²) in [7, 11) is 1.41. The maximum atomic E-state index is 11.4. The third-order valence-electron chi connectivity index (χ3n) is 3.14. The molecule has 0 radical (unpaired) electrons. The van der Waals surface area contributed by atoms with Gasteiger partial charge in [0.2, 0.25) is 0 Å². The number of esters is 1. The van der Waals surface area contributed by atoms with Crippen LogP contribution in [0.2, 0.25) is 0 Å². The average molecular weight is 230 g/mol. The molecule has 1 aromatic carbocycles. The molecule has 0 spiro atoms. The molecular formula is C13H14N2O2. The molecule has 0 bridgehead atoms. The third-order valence-corrected chi connectivity index (χ3v) is 3.14. The van der Waals surface area contributed by atoms with Gasteiger partial charge >= 0.3 is 5.97 Å². The SMILES string of the molecule is COC(=O)Cn1c(C2CC2)nc2ccccc21. The van der Waals surface area contributed by atoms with Gasteiger partial charge in [-0.3, -0.25) is 4.79 Å². The number of aromatic nitrogens is 2. The van der Waals surface area contributed by atoms with E-state index in [1.54, 1.807) is 0 Å². The number of hydrogen-bond acceptors (Lipinski definition) is 3. The fourth-order valence-electron chi connectivity index (χ4n) is 2.11. The van der Waals surface area contributed by atoms with E-state index in [-0.39, 0.29) is 12.5 Å². The Kier molecular flexibility index (Phi) is 2.35. The number of benzene rings is 1. The molecule has 0 saturated heterocycles. The first-order chi connectivity index (χ1) is 8.29. The van der Waals surface area contributed by atoms with Crippen LogP contribution in [0.25, 0.3) is 11.0 Å². The van der Waals surface area contributed by atoms with Crippen LogP contribution in [-0.4, -0.2) is 22.6 Å². The van der Waals surface area contributed by atoms with Crippen LogP contribution in [0.5, 0.6) is 0 Å². The number of para-hydroxylation sites is 2. The number of rotatable bonds is 3. The summed E-state index contributed by atoms with van der Waals surface area (Å²) in [6.45, 7) is 0.253. The van der Waals surface area contributed by atoms with Crippen LogP contribution in [0.1, 0.15) is 24.6 Å². The zero-order chi connectivity index (χ0) is 11.8. The highest BCUT2D eigenvalue weighted by molar-refractivity contribution is 5.79. The first kappa shape index (κ1) is 10.3. The van der Waals surface area contributed by atoms with Crippen LogP contribution in [-0.2, 0) is 16.1 Å². The second-order valence-corrected chi connectivity index (χ2v) is 4.40. The Morgan fingerprint density at radius 3 is 2.94 bits per heavy atom. The normalized spacial score (nSPS) is 15.1. The second kappa shape index (κ2) is 3.87. The first-order valence-corrected chi connectivity index (χ1v) is 5.81. The van der Waals surface area contributed by atoms with E-state index in [1.807, 2.05) is 28.8 Å². The van der Waals surface area contributed by atoms with Gasteiger partial charge in [-0.15, -0.1) is 0 Å². The van der Waals surface area contributed by atoms with Crippen molar-refractivity contribution in [1.29, 1.82) is 0 Å². The second-order valence-electron chi connectivity index (χ2n) is 4.40. The monoisotopic (exact) mass is 230 g/mol. The minimum atomic E-state index is -0.227. The van der Waals surface area contributed by atoms with Crippen LogP contribution >= 0.6 is 0 Å². The fraction of sp³-hybridized carbons (Fsp3) is 0.385. The number of methoxy groups -OCH3 is 1. The molecule has 1 aromatic heterocycles. The summed E-state index contributed by atoms with van der Waals surface area (Å²) in [5.41, 5.74) is 1.97. The Bertz CT molecular complexity index is 570. The van der Waals surface area contributed by atoms with Crippen molar-refractivity contribution in [2.75, 3.05) is 7.11 Å². The lowest BCUT2D eigenvalue weighted by atomic mass is 10.3. The Balaban J connectivity index is 2.10. The van der Waals surface area contributed by atoms with Gasteiger partial charge in [0, 0.05) is 5.92 Å². The maximum absolute atomic E-state index is 11.4. The van der Waals surface area contributed by atoms with Crippen molar-refractivity contribution in [2.45, 2.75) is 25.3 Å². The zero-order valence-corrected chi connectivity index (χ0v) is 9.72. The van der Waals surface area contributed by atoms with E-state index >= 15 is 0 Å². The molecule has 1 aliphatic rings. The average Bonchev–Trinajstić information content (AvgIpc) is 3.13. The zero-order valence-electron chi connectivity index (χ0n) is 9.72. The van der Waals surface area contributed by atoms with E-state index in [0.29, 0.717) is 5.92 Å². The smallest absolute Gasteiger partial charge is 0.325 e.